The highest BCUT2D eigenvalue weighted by atomic mass is 16.6. The maximum atomic E-state index is 12.0. The molecule has 1 aromatic carbocycles. The molecule has 0 bridgehead atoms. The zero-order valence-electron chi connectivity index (χ0n) is 15.0. The molecule has 1 amide bonds. The number of ether oxygens (including phenoxy) is 2. The number of esters is 1. The Morgan fingerprint density at radius 3 is 2.48 bits per heavy atom. The second-order valence-corrected chi connectivity index (χ2v) is 6.69. The van der Waals surface area contributed by atoms with Crippen LogP contribution < -0.4 is 5.32 Å². The molecule has 2 N–H and O–H groups in total. The summed E-state index contributed by atoms with van der Waals surface area (Å²) in [7, 11) is 0. The van der Waals surface area contributed by atoms with E-state index in [1.165, 1.54) is 6.08 Å². The van der Waals surface area contributed by atoms with Crippen LogP contribution in [-0.4, -0.2) is 41.5 Å². The van der Waals surface area contributed by atoms with Crippen LogP contribution in [-0.2, 0) is 20.7 Å². The number of hydrogen-bond donors (Lipinski definition) is 2. The van der Waals surface area contributed by atoms with Crippen LogP contribution in [0.2, 0.25) is 0 Å². The lowest BCUT2D eigenvalue weighted by Gasteiger charge is -2.26. The highest BCUT2D eigenvalue weighted by molar-refractivity contribution is 5.71. The molecular formula is C19H27NO5. The number of nitrogens with one attached hydrogen (secondary N) is 1. The van der Waals surface area contributed by atoms with Crippen molar-refractivity contribution < 1.29 is 24.2 Å². The van der Waals surface area contributed by atoms with Crippen LogP contribution in [0.3, 0.4) is 0 Å². The van der Waals surface area contributed by atoms with E-state index in [-0.39, 0.29) is 13.0 Å². The van der Waals surface area contributed by atoms with Crippen molar-refractivity contribution in [2.24, 2.45) is 0 Å². The fraction of sp³-hybridized carbons (Fsp3) is 0.474. The minimum atomic E-state index is -1.11. The molecule has 6 heteroatoms. The SMILES string of the molecule is C=CCOC(=O)C[C@@H](O)[C@H](Cc1ccccc1)NC(=O)OC(C)(C)C. The summed E-state index contributed by atoms with van der Waals surface area (Å²) in [4.78, 5) is 23.8. The van der Waals surface area contributed by atoms with Gasteiger partial charge in [-0.1, -0.05) is 43.0 Å². The quantitative estimate of drug-likeness (QED) is 0.557. The summed E-state index contributed by atoms with van der Waals surface area (Å²) in [5, 5.41) is 13.0. The third-order valence-corrected chi connectivity index (χ3v) is 3.20. The van der Waals surface area contributed by atoms with Gasteiger partial charge in [-0.05, 0) is 32.8 Å². The average Bonchev–Trinajstić information content (AvgIpc) is 2.51. The number of alkyl carbamates (subject to hydrolysis) is 1. The molecule has 6 nitrogen and oxygen atoms in total. The number of aliphatic hydroxyl groups is 1. The van der Waals surface area contributed by atoms with Gasteiger partial charge in [0.1, 0.15) is 12.2 Å². The maximum absolute atomic E-state index is 12.0. The van der Waals surface area contributed by atoms with Crippen LogP contribution in [0.25, 0.3) is 0 Å². The molecule has 25 heavy (non-hydrogen) atoms. The monoisotopic (exact) mass is 349 g/mol. The van der Waals surface area contributed by atoms with Gasteiger partial charge in [-0.25, -0.2) is 4.79 Å². The Morgan fingerprint density at radius 1 is 1.28 bits per heavy atom. The third kappa shape index (κ3) is 8.91. The predicted octanol–water partition coefficient (Wildman–Crippen LogP) is 2.60. The molecule has 0 aliphatic carbocycles. The molecule has 1 aromatic rings. The van der Waals surface area contributed by atoms with E-state index in [9.17, 15) is 14.7 Å². The fourth-order valence-electron chi connectivity index (χ4n) is 2.13. The highest BCUT2D eigenvalue weighted by Crippen LogP contribution is 2.12. The normalized spacial score (nSPS) is 13.4. The van der Waals surface area contributed by atoms with E-state index in [2.05, 4.69) is 11.9 Å². The second kappa shape index (κ2) is 9.84. The summed E-state index contributed by atoms with van der Waals surface area (Å²) in [5.41, 5.74) is 0.261. The van der Waals surface area contributed by atoms with Gasteiger partial charge in [-0.2, -0.15) is 0 Å². The summed E-state index contributed by atoms with van der Waals surface area (Å²) in [5.74, 6) is -0.559. The van der Waals surface area contributed by atoms with Crippen LogP contribution in [0.5, 0.6) is 0 Å². The minimum absolute atomic E-state index is 0.0778. The Balaban J connectivity index is 2.77. The van der Waals surface area contributed by atoms with Gasteiger partial charge in [0.05, 0.1) is 18.6 Å². The lowest BCUT2D eigenvalue weighted by Crippen LogP contribution is -2.47. The summed E-state index contributed by atoms with van der Waals surface area (Å²) in [6, 6.07) is 8.69. The lowest BCUT2D eigenvalue weighted by molar-refractivity contribution is -0.145. The smallest absolute Gasteiger partial charge is 0.407 e. The topological polar surface area (TPSA) is 84.9 Å². The molecule has 138 valence electrons. The first-order valence-corrected chi connectivity index (χ1v) is 8.19. The standard InChI is InChI=1S/C19H27NO5/c1-5-11-24-17(22)13-16(21)15(12-14-9-7-6-8-10-14)20-18(23)25-19(2,3)4/h5-10,15-16,21H,1,11-13H2,2-4H3,(H,20,23)/t15-,16+/m0/s1. The Kier molecular flexibility index (Phi) is 8.15. The van der Waals surface area contributed by atoms with Gasteiger partial charge in [0.25, 0.3) is 0 Å². The Labute approximate surface area is 148 Å². The van der Waals surface area contributed by atoms with Crippen LogP contribution in [0.15, 0.2) is 43.0 Å². The number of benzene rings is 1. The zero-order chi connectivity index (χ0) is 18.9. The molecule has 0 spiro atoms. The van der Waals surface area contributed by atoms with E-state index in [0.717, 1.165) is 5.56 Å². The van der Waals surface area contributed by atoms with Gasteiger partial charge in [0.15, 0.2) is 0 Å². The van der Waals surface area contributed by atoms with Crippen molar-refractivity contribution in [3.63, 3.8) is 0 Å². The average molecular weight is 349 g/mol. The van der Waals surface area contributed by atoms with Crippen molar-refractivity contribution in [2.75, 3.05) is 6.61 Å². The van der Waals surface area contributed by atoms with Crippen LogP contribution >= 0.6 is 0 Å². The van der Waals surface area contributed by atoms with Gasteiger partial charge >= 0.3 is 12.1 Å². The van der Waals surface area contributed by atoms with E-state index in [1.807, 2.05) is 30.3 Å². The fourth-order valence-corrected chi connectivity index (χ4v) is 2.13. The molecule has 0 aliphatic heterocycles. The van der Waals surface area contributed by atoms with E-state index in [1.54, 1.807) is 20.8 Å². The number of hydrogen-bond acceptors (Lipinski definition) is 5. The largest absolute Gasteiger partial charge is 0.461 e. The molecule has 0 saturated carbocycles. The lowest BCUT2D eigenvalue weighted by atomic mass is 9.99. The van der Waals surface area contributed by atoms with Gasteiger partial charge in [-0.3, -0.25) is 4.79 Å². The molecule has 0 saturated heterocycles. The van der Waals surface area contributed by atoms with E-state index < -0.39 is 29.8 Å². The first-order valence-electron chi connectivity index (χ1n) is 8.19. The molecule has 1 rings (SSSR count). The molecule has 0 radical (unpaired) electrons. The van der Waals surface area contributed by atoms with Crippen LogP contribution in [0.4, 0.5) is 4.79 Å². The van der Waals surface area contributed by atoms with Crippen molar-refractivity contribution in [2.45, 2.75) is 51.4 Å². The Hall–Kier alpha value is -2.34. The third-order valence-electron chi connectivity index (χ3n) is 3.20. The summed E-state index contributed by atoms with van der Waals surface area (Å²) < 4.78 is 10.1. The minimum Gasteiger partial charge on any atom is -0.461 e. The number of rotatable bonds is 8. The van der Waals surface area contributed by atoms with Crippen molar-refractivity contribution in [1.29, 1.82) is 0 Å². The maximum Gasteiger partial charge on any atom is 0.407 e. The number of amides is 1. The molecule has 2 atom stereocenters. The molecule has 0 unspecified atom stereocenters. The van der Waals surface area contributed by atoms with Gasteiger partial charge in [0, 0.05) is 0 Å². The molecule has 0 fully saturated rings. The van der Waals surface area contributed by atoms with Gasteiger partial charge in [-0.15, -0.1) is 0 Å². The molecular weight excluding hydrogens is 322 g/mol. The number of aliphatic hydroxyl groups excluding tert-OH is 1. The highest BCUT2D eigenvalue weighted by Gasteiger charge is 2.27. The van der Waals surface area contributed by atoms with Gasteiger partial charge in [0.2, 0.25) is 0 Å². The summed E-state index contributed by atoms with van der Waals surface area (Å²) in [6.45, 7) is 8.80. The zero-order valence-corrected chi connectivity index (χ0v) is 15.0. The first-order chi connectivity index (χ1) is 11.7. The predicted molar refractivity (Wildman–Crippen MR) is 95.1 cm³/mol. The van der Waals surface area contributed by atoms with E-state index in [4.69, 9.17) is 9.47 Å². The van der Waals surface area contributed by atoms with Crippen molar-refractivity contribution in [3.8, 4) is 0 Å². The number of carbonyl (C=O) groups excluding carboxylic acids is 2. The Bertz CT molecular complexity index is 565. The summed E-state index contributed by atoms with van der Waals surface area (Å²) in [6.07, 6.45) is -0.182. The van der Waals surface area contributed by atoms with E-state index >= 15 is 0 Å². The second-order valence-electron chi connectivity index (χ2n) is 6.69. The summed E-state index contributed by atoms with van der Waals surface area (Å²) >= 11 is 0. The first kappa shape index (κ1) is 20.7. The van der Waals surface area contributed by atoms with Crippen molar-refractivity contribution in [3.05, 3.63) is 48.6 Å². The van der Waals surface area contributed by atoms with Crippen molar-refractivity contribution in [1.82, 2.24) is 5.32 Å². The molecule has 0 heterocycles. The van der Waals surface area contributed by atoms with E-state index in [0.29, 0.717) is 6.42 Å². The van der Waals surface area contributed by atoms with Crippen LogP contribution in [0.1, 0.15) is 32.8 Å². The Morgan fingerprint density at radius 2 is 1.92 bits per heavy atom. The molecule has 0 aliphatic rings. The van der Waals surface area contributed by atoms with Crippen LogP contribution in [0, 0.1) is 0 Å². The number of carbonyl (C=O) groups is 2. The van der Waals surface area contributed by atoms with Crippen molar-refractivity contribution >= 4 is 12.1 Å². The van der Waals surface area contributed by atoms with Gasteiger partial charge < -0.3 is 19.9 Å². The molecule has 0 aromatic heterocycles.